The first-order valence-corrected chi connectivity index (χ1v) is 9.93. The van der Waals surface area contributed by atoms with Crippen molar-refractivity contribution in [1.29, 1.82) is 0 Å². The smallest absolute Gasteiger partial charge is 0.326 e. The molecule has 0 aliphatic rings. The first-order chi connectivity index (χ1) is 12.5. The number of nitrogens with two attached hydrogens (primary N) is 1. The van der Waals surface area contributed by atoms with E-state index in [1.54, 1.807) is 13.8 Å². The molecule has 4 unspecified atom stereocenters. The van der Waals surface area contributed by atoms with Gasteiger partial charge in [-0.2, -0.15) is 11.8 Å². The van der Waals surface area contributed by atoms with Crippen molar-refractivity contribution < 1.29 is 29.4 Å². The van der Waals surface area contributed by atoms with Gasteiger partial charge in [0.2, 0.25) is 17.7 Å². The molecule has 11 heteroatoms. The summed E-state index contributed by atoms with van der Waals surface area (Å²) >= 11 is 1.47. The number of carbonyl (C=O) groups is 4. The average molecular weight is 407 g/mol. The van der Waals surface area contributed by atoms with Crippen LogP contribution in [-0.2, 0) is 19.2 Å². The fraction of sp³-hybridized carbons (Fsp3) is 0.750. The molecule has 0 fully saturated rings. The number of rotatable bonds is 12. The van der Waals surface area contributed by atoms with Crippen LogP contribution in [0.15, 0.2) is 0 Å². The number of carboxylic acids is 1. The van der Waals surface area contributed by atoms with E-state index in [9.17, 15) is 24.3 Å². The molecule has 0 saturated heterocycles. The van der Waals surface area contributed by atoms with Gasteiger partial charge in [0.05, 0.1) is 12.6 Å². The van der Waals surface area contributed by atoms with Crippen molar-refractivity contribution in [2.45, 2.75) is 51.4 Å². The van der Waals surface area contributed by atoms with Crippen molar-refractivity contribution in [2.24, 2.45) is 11.7 Å². The minimum atomic E-state index is -1.35. The van der Waals surface area contributed by atoms with Gasteiger partial charge in [0.1, 0.15) is 18.1 Å². The summed E-state index contributed by atoms with van der Waals surface area (Å²) in [5.74, 6) is -3.05. The third-order valence-corrected chi connectivity index (χ3v) is 4.35. The number of carbonyl (C=O) groups excluding carboxylic acids is 3. The number of carboxylic acid groups (broad SMARTS) is 1. The van der Waals surface area contributed by atoms with E-state index < -0.39 is 54.5 Å². The zero-order valence-corrected chi connectivity index (χ0v) is 16.8. The van der Waals surface area contributed by atoms with Crippen LogP contribution in [0, 0.1) is 5.92 Å². The average Bonchev–Trinajstić information content (AvgIpc) is 2.59. The van der Waals surface area contributed by atoms with Crippen molar-refractivity contribution in [3.63, 3.8) is 0 Å². The number of amides is 3. The lowest BCUT2D eigenvalue weighted by molar-refractivity contribution is -0.143. The highest BCUT2D eigenvalue weighted by Gasteiger charge is 2.30. The van der Waals surface area contributed by atoms with Crippen LogP contribution in [0.3, 0.4) is 0 Å². The van der Waals surface area contributed by atoms with Gasteiger partial charge in [-0.1, -0.05) is 13.8 Å². The number of hydrogen-bond donors (Lipinski definition) is 6. The van der Waals surface area contributed by atoms with E-state index in [4.69, 9.17) is 10.8 Å². The molecule has 0 aliphatic carbocycles. The number of aliphatic carboxylic acids is 1. The lowest BCUT2D eigenvalue weighted by Gasteiger charge is -2.24. The molecule has 7 N–H and O–H groups in total. The zero-order valence-electron chi connectivity index (χ0n) is 16.0. The second-order valence-corrected chi connectivity index (χ2v) is 7.43. The van der Waals surface area contributed by atoms with E-state index in [1.165, 1.54) is 18.7 Å². The van der Waals surface area contributed by atoms with E-state index >= 15 is 0 Å². The fourth-order valence-electron chi connectivity index (χ4n) is 2.04. The Morgan fingerprint density at radius 1 is 0.963 bits per heavy atom. The predicted molar refractivity (Wildman–Crippen MR) is 102 cm³/mol. The Hall–Kier alpha value is -1.85. The van der Waals surface area contributed by atoms with Crippen LogP contribution < -0.4 is 21.7 Å². The summed E-state index contributed by atoms with van der Waals surface area (Å²) in [7, 11) is 0. The molecule has 0 radical (unpaired) electrons. The summed E-state index contributed by atoms with van der Waals surface area (Å²) in [6, 6.07) is -4.25. The third kappa shape index (κ3) is 9.07. The highest BCUT2D eigenvalue weighted by atomic mass is 32.2. The van der Waals surface area contributed by atoms with Crippen LogP contribution in [0.2, 0.25) is 0 Å². The molecule has 4 atom stereocenters. The van der Waals surface area contributed by atoms with E-state index in [-0.39, 0.29) is 5.92 Å². The molecular formula is C16H30N4O6S. The number of thioether (sulfide) groups is 1. The van der Waals surface area contributed by atoms with Crippen LogP contribution >= 0.6 is 11.8 Å². The Labute approximate surface area is 163 Å². The topological polar surface area (TPSA) is 171 Å². The van der Waals surface area contributed by atoms with Gasteiger partial charge in [0, 0.05) is 0 Å². The lowest BCUT2D eigenvalue weighted by Crippen LogP contribution is -2.58. The maximum atomic E-state index is 12.5. The summed E-state index contributed by atoms with van der Waals surface area (Å²) in [6.45, 7) is 3.99. The van der Waals surface area contributed by atoms with E-state index in [2.05, 4.69) is 16.0 Å². The van der Waals surface area contributed by atoms with Gasteiger partial charge >= 0.3 is 5.97 Å². The van der Waals surface area contributed by atoms with Gasteiger partial charge in [-0.15, -0.1) is 0 Å². The molecular weight excluding hydrogens is 376 g/mol. The second-order valence-electron chi connectivity index (χ2n) is 6.44. The van der Waals surface area contributed by atoms with Crippen molar-refractivity contribution in [2.75, 3.05) is 18.6 Å². The molecule has 0 rings (SSSR count). The molecule has 10 nitrogen and oxygen atoms in total. The minimum Gasteiger partial charge on any atom is -0.480 e. The van der Waals surface area contributed by atoms with Crippen molar-refractivity contribution in [1.82, 2.24) is 16.0 Å². The van der Waals surface area contributed by atoms with Crippen LogP contribution in [0.25, 0.3) is 0 Å². The van der Waals surface area contributed by atoms with Crippen molar-refractivity contribution in [3.8, 4) is 0 Å². The normalized spacial score (nSPS) is 15.4. The molecule has 0 aromatic heterocycles. The number of aliphatic hydroxyl groups is 1. The van der Waals surface area contributed by atoms with E-state index in [1.807, 2.05) is 6.26 Å². The molecule has 0 aromatic rings. The molecule has 3 amide bonds. The number of hydrogen-bond acceptors (Lipinski definition) is 7. The van der Waals surface area contributed by atoms with E-state index in [0.717, 1.165) is 0 Å². The maximum Gasteiger partial charge on any atom is 0.326 e. The monoisotopic (exact) mass is 406 g/mol. The van der Waals surface area contributed by atoms with Gasteiger partial charge in [-0.05, 0) is 31.3 Å². The summed E-state index contributed by atoms with van der Waals surface area (Å²) < 4.78 is 0. The van der Waals surface area contributed by atoms with E-state index in [0.29, 0.717) is 12.2 Å². The maximum absolute atomic E-state index is 12.5. The third-order valence-electron chi connectivity index (χ3n) is 3.70. The molecule has 0 spiro atoms. The molecule has 0 bridgehead atoms. The Morgan fingerprint density at radius 2 is 1.48 bits per heavy atom. The Bertz CT molecular complexity index is 529. The Balaban J connectivity index is 5.09. The highest BCUT2D eigenvalue weighted by Crippen LogP contribution is 2.04. The molecule has 156 valence electrons. The van der Waals surface area contributed by atoms with Gasteiger partial charge in [-0.25, -0.2) is 4.79 Å². The second kappa shape index (κ2) is 12.5. The first kappa shape index (κ1) is 25.1. The predicted octanol–water partition coefficient (Wildman–Crippen LogP) is -1.73. The Morgan fingerprint density at radius 3 is 1.89 bits per heavy atom. The van der Waals surface area contributed by atoms with Crippen LogP contribution in [-0.4, -0.2) is 76.7 Å². The molecule has 27 heavy (non-hydrogen) atoms. The van der Waals surface area contributed by atoms with Gasteiger partial charge in [0.25, 0.3) is 0 Å². The van der Waals surface area contributed by atoms with Crippen LogP contribution in [0.1, 0.15) is 27.2 Å². The van der Waals surface area contributed by atoms with Crippen molar-refractivity contribution >= 4 is 35.5 Å². The molecule has 0 heterocycles. The SMILES string of the molecule is CSCCC(NC(=O)C(C)N)C(=O)NC(CO)C(=O)NC(C(=O)O)C(C)C. The lowest BCUT2D eigenvalue weighted by atomic mass is 10.0. The summed E-state index contributed by atoms with van der Waals surface area (Å²) in [5.41, 5.74) is 5.49. The Kier molecular flexibility index (Phi) is 11.7. The summed E-state index contributed by atoms with van der Waals surface area (Å²) in [6.07, 6.45) is 2.14. The number of nitrogens with one attached hydrogen (secondary N) is 3. The standard InChI is InChI=1S/C16H30N4O6S/c1-8(2)12(16(25)26)20-15(24)11(7-21)19-14(23)10(5-6-27-4)18-13(22)9(3)17/h8-12,21H,5-7,17H2,1-4H3,(H,18,22)(H,19,23)(H,20,24)(H,25,26). The highest BCUT2D eigenvalue weighted by molar-refractivity contribution is 7.98. The first-order valence-electron chi connectivity index (χ1n) is 8.54. The zero-order chi connectivity index (χ0) is 21.1. The largest absolute Gasteiger partial charge is 0.480 e. The van der Waals surface area contributed by atoms with Gasteiger partial charge in [0.15, 0.2) is 0 Å². The molecule has 0 saturated carbocycles. The molecule has 0 aromatic carbocycles. The summed E-state index contributed by atoms with van der Waals surface area (Å²) in [4.78, 5) is 47.7. The summed E-state index contributed by atoms with van der Waals surface area (Å²) in [5, 5.41) is 25.7. The van der Waals surface area contributed by atoms with Gasteiger partial charge < -0.3 is 31.9 Å². The van der Waals surface area contributed by atoms with Crippen LogP contribution in [0.4, 0.5) is 0 Å². The van der Waals surface area contributed by atoms with Crippen LogP contribution in [0.5, 0.6) is 0 Å². The molecule has 0 aliphatic heterocycles. The van der Waals surface area contributed by atoms with Gasteiger partial charge in [-0.3, -0.25) is 14.4 Å². The number of aliphatic hydroxyl groups excluding tert-OH is 1. The van der Waals surface area contributed by atoms with Crippen molar-refractivity contribution in [3.05, 3.63) is 0 Å². The quantitative estimate of drug-likeness (QED) is 0.222. The fourth-order valence-corrected chi connectivity index (χ4v) is 2.51. The minimum absolute atomic E-state index is 0.301.